The zero-order valence-electron chi connectivity index (χ0n) is 12.2. The molecule has 0 radical (unpaired) electrons. The van der Waals surface area contributed by atoms with E-state index in [4.69, 9.17) is 0 Å². The first kappa shape index (κ1) is 13.8. The topological polar surface area (TPSA) is 40.5 Å². The van der Waals surface area contributed by atoms with Gasteiger partial charge < -0.3 is 5.11 Å². The predicted octanol–water partition coefficient (Wildman–Crippen LogP) is 3.25. The highest BCUT2D eigenvalue weighted by Gasteiger charge is 2.22. The van der Waals surface area contributed by atoms with Crippen LogP contribution < -0.4 is 0 Å². The van der Waals surface area contributed by atoms with Gasteiger partial charge in [-0.25, -0.2) is 4.79 Å². The minimum Gasteiger partial charge on any atom is -0.478 e. The molecule has 0 spiro atoms. The van der Waals surface area contributed by atoms with E-state index in [1.54, 1.807) is 6.07 Å². The summed E-state index contributed by atoms with van der Waals surface area (Å²) in [6, 6.07) is 14.2. The van der Waals surface area contributed by atoms with Crippen LogP contribution in [0.4, 0.5) is 0 Å². The SMILES string of the molecule is Cc1cc2c(c(C(=O)O)c1)CN(Cc1ccccc1)CC2. The lowest BCUT2D eigenvalue weighted by Crippen LogP contribution is -2.31. The Morgan fingerprint density at radius 2 is 2.00 bits per heavy atom. The second kappa shape index (κ2) is 5.70. The molecule has 3 heteroatoms. The zero-order valence-corrected chi connectivity index (χ0v) is 12.2. The third kappa shape index (κ3) is 2.98. The molecule has 3 rings (SSSR count). The number of carboxylic acid groups (broad SMARTS) is 1. The quantitative estimate of drug-likeness (QED) is 0.939. The lowest BCUT2D eigenvalue weighted by Gasteiger charge is -2.30. The Kier molecular flexibility index (Phi) is 3.76. The van der Waals surface area contributed by atoms with Crippen molar-refractivity contribution in [3.05, 3.63) is 70.3 Å². The molecule has 0 atom stereocenters. The summed E-state index contributed by atoms with van der Waals surface area (Å²) in [4.78, 5) is 13.8. The van der Waals surface area contributed by atoms with Crippen molar-refractivity contribution >= 4 is 5.97 Å². The van der Waals surface area contributed by atoms with E-state index in [2.05, 4.69) is 23.1 Å². The van der Waals surface area contributed by atoms with Crippen LogP contribution >= 0.6 is 0 Å². The zero-order chi connectivity index (χ0) is 14.8. The third-order valence-electron chi connectivity index (χ3n) is 4.05. The maximum atomic E-state index is 11.5. The molecule has 0 amide bonds. The monoisotopic (exact) mass is 281 g/mol. The largest absolute Gasteiger partial charge is 0.478 e. The van der Waals surface area contributed by atoms with Crippen molar-refractivity contribution in [2.24, 2.45) is 0 Å². The number of aromatic carboxylic acids is 1. The molecule has 1 aliphatic rings. The Labute approximate surface area is 124 Å². The molecular weight excluding hydrogens is 262 g/mol. The molecule has 1 aliphatic heterocycles. The average Bonchev–Trinajstić information content (AvgIpc) is 2.47. The second-order valence-corrected chi connectivity index (χ2v) is 5.70. The first-order chi connectivity index (χ1) is 10.1. The van der Waals surface area contributed by atoms with Crippen molar-refractivity contribution in [3.8, 4) is 0 Å². The fraction of sp³-hybridized carbons (Fsp3) is 0.278. The van der Waals surface area contributed by atoms with E-state index >= 15 is 0 Å². The number of carbonyl (C=O) groups is 1. The van der Waals surface area contributed by atoms with E-state index in [0.29, 0.717) is 12.1 Å². The number of hydrogen-bond acceptors (Lipinski definition) is 2. The Morgan fingerprint density at radius 1 is 1.24 bits per heavy atom. The van der Waals surface area contributed by atoms with Crippen LogP contribution in [0.5, 0.6) is 0 Å². The van der Waals surface area contributed by atoms with Gasteiger partial charge in [0, 0.05) is 19.6 Å². The smallest absolute Gasteiger partial charge is 0.336 e. The van der Waals surface area contributed by atoms with Crippen LogP contribution in [0.2, 0.25) is 0 Å². The maximum Gasteiger partial charge on any atom is 0.336 e. The van der Waals surface area contributed by atoms with Crippen LogP contribution in [-0.2, 0) is 19.5 Å². The van der Waals surface area contributed by atoms with Gasteiger partial charge in [0.1, 0.15) is 0 Å². The number of nitrogens with zero attached hydrogens (tertiary/aromatic N) is 1. The van der Waals surface area contributed by atoms with E-state index in [9.17, 15) is 9.90 Å². The molecule has 1 N–H and O–H groups in total. The van der Waals surface area contributed by atoms with E-state index in [-0.39, 0.29) is 0 Å². The van der Waals surface area contributed by atoms with Gasteiger partial charge in [0.2, 0.25) is 0 Å². The second-order valence-electron chi connectivity index (χ2n) is 5.70. The Bertz CT molecular complexity index is 664. The molecule has 108 valence electrons. The summed E-state index contributed by atoms with van der Waals surface area (Å²) in [5.74, 6) is -0.823. The third-order valence-corrected chi connectivity index (χ3v) is 4.05. The normalized spacial score (nSPS) is 14.7. The number of hydrogen-bond donors (Lipinski definition) is 1. The van der Waals surface area contributed by atoms with Gasteiger partial charge in [0.15, 0.2) is 0 Å². The lowest BCUT2D eigenvalue weighted by molar-refractivity contribution is 0.0693. The number of benzene rings is 2. The highest BCUT2D eigenvalue weighted by molar-refractivity contribution is 5.90. The molecule has 2 aromatic carbocycles. The number of rotatable bonds is 3. The van der Waals surface area contributed by atoms with Gasteiger partial charge in [-0.15, -0.1) is 0 Å². The summed E-state index contributed by atoms with van der Waals surface area (Å²) in [6.45, 7) is 4.52. The van der Waals surface area contributed by atoms with Crippen LogP contribution in [0.3, 0.4) is 0 Å². The van der Waals surface area contributed by atoms with Crippen molar-refractivity contribution < 1.29 is 9.90 Å². The predicted molar refractivity (Wildman–Crippen MR) is 82.4 cm³/mol. The molecular formula is C18H19NO2. The number of fused-ring (bicyclic) bond motifs is 1. The van der Waals surface area contributed by atoms with Gasteiger partial charge in [-0.3, -0.25) is 4.90 Å². The highest BCUT2D eigenvalue weighted by Crippen LogP contribution is 2.25. The van der Waals surface area contributed by atoms with Crippen molar-refractivity contribution in [1.82, 2.24) is 4.90 Å². The standard InChI is InChI=1S/C18H19NO2/c1-13-9-15-7-8-19(11-14-5-3-2-4-6-14)12-17(15)16(10-13)18(20)21/h2-6,9-10H,7-8,11-12H2,1H3,(H,20,21). The summed E-state index contributed by atoms with van der Waals surface area (Å²) in [7, 11) is 0. The summed E-state index contributed by atoms with van der Waals surface area (Å²) in [5.41, 5.74) is 4.93. The van der Waals surface area contributed by atoms with Crippen molar-refractivity contribution in [1.29, 1.82) is 0 Å². The molecule has 2 aromatic rings. The van der Waals surface area contributed by atoms with E-state index < -0.39 is 5.97 Å². The summed E-state index contributed by atoms with van der Waals surface area (Å²) >= 11 is 0. The molecule has 0 aliphatic carbocycles. The molecule has 0 bridgehead atoms. The molecule has 0 unspecified atom stereocenters. The lowest BCUT2D eigenvalue weighted by atomic mass is 9.92. The first-order valence-electron chi connectivity index (χ1n) is 7.25. The summed E-state index contributed by atoms with van der Waals surface area (Å²) < 4.78 is 0. The van der Waals surface area contributed by atoms with Crippen LogP contribution in [-0.4, -0.2) is 22.5 Å². The van der Waals surface area contributed by atoms with Crippen LogP contribution in [0.25, 0.3) is 0 Å². The fourth-order valence-corrected chi connectivity index (χ4v) is 3.05. The molecule has 0 fully saturated rings. The Hall–Kier alpha value is -2.13. The van der Waals surface area contributed by atoms with Crippen molar-refractivity contribution in [2.75, 3.05) is 6.54 Å². The summed E-state index contributed by atoms with van der Waals surface area (Å²) in [6.07, 6.45) is 0.921. The molecule has 21 heavy (non-hydrogen) atoms. The number of aryl methyl sites for hydroxylation is 1. The molecule has 0 aromatic heterocycles. The molecule has 0 saturated heterocycles. The van der Waals surface area contributed by atoms with Gasteiger partial charge in [0.25, 0.3) is 0 Å². The minimum absolute atomic E-state index is 0.461. The fourth-order valence-electron chi connectivity index (χ4n) is 3.05. The molecule has 0 saturated carbocycles. The first-order valence-corrected chi connectivity index (χ1v) is 7.25. The molecule has 1 heterocycles. The average molecular weight is 281 g/mol. The van der Waals surface area contributed by atoms with Crippen LogP contribution in [0, 0.1) is 6.92 Å². The highest BCUT2D eigenvalue weighted by atomic mass is 16.4. The minimum atomic E-state index is -0.823. The van der Waals surface area contributed by atoms with Crippen molar-refractivity contribution in [2.45, 2.75) is 26.4 Å². The van der Waals surface area contributed by atoms with E-state index in [0.717, 1.165) is 30.6 Å². The van der Waals surface area contributed by atoms with Gasteiger partial charge >= 0.3 is 5.97 Å². The maximum absolute atomic E-state index is 11.5. The summed E-state index contributed by atoms with van der Waals surface area (Å²) in [5, 5.41) is 9.42. The number of carboxylic acids is 1. The van der Waals surface area contributed by atoms with Crippen LogP contribution in [0.15, 0.2) is 42.5 Å². The Balaban J connectivity index is 1.86. The van der Waals surface area contributed by atoms with Crippen molar-refractivity contribution in [3.63, 3.8) is 0 Å². The van der Waals surface area contributed by atoms with Gasteiger partial charge in [-0.2, -0.15) is 0 Å². The van der Waals surface area contributed by atoms with Gasteiger partial charge in [-0.1, -0.05) is 36.4 Å². The van der Waals surface area contributed by atoms with E-state index in [1.165, 1.54) is 11.1 Å². The van der Waals surface area contributed by atoms with Crippen LogP contribution in [0.1, 0.15) is 32.6 Å². The Morgan fingerprint density at radius 3 is 2.71 bits per heavy atom. The van der Waals surface area contributed by atoms with Gasteiger partial charge in [-0.05, 0) is 41.7 Å². The van der Waals surface area contributed by atoms with E-state index in [1.807, 2.05) is 25.1 Å². The van der Waals surface area contributed by atoms with Gasteiger partial charge in [0.05, 0.1) is 5.56 Å². The molecule has 3 nitrogen and oxygen atoms in total.